The first-order valence-electron chi connectivity index (χ1n) is 9.55. The second kappa shape index (κ2) is 12.3. The number of nitrogens with one attached hydrogen (secondary N) is 1. The summed E-state index contributed by atoms with van der Waals surface area (Å²) in [6.45, 7) is 4.66. The Hall–Kier alpha value is -1.50. The largest absolute Gasteiger partial charge is 0.354 e. The lowest BCUT2D eigenvalue weighted by Crippen LogP contribution is -2.48. The second-order valence-corrected chi connectivity index (χ2v) is 9.01. The average molecular weight is 498 g/mol. The highest BCUT2D eigenvalue weighted by atomic mass is 79.9. The molecule has 0 aromatic heterocycles. The van der Waals surface area contributed by atoms with Crippen LogP contribution in [0.4, 0.5) is 0 Å². The third-order valence-electron chi connectivity index (χ3n) is 4.42. The van der Waals surface area contributed by atoms with Crippen LogP contribution in [0.5, 0.6) is 0 Å². The number of halogens is 2. The monoisotopic (exact) mass is 496 g/mol. The zero-order valence-electron chi connectivity index (χ0n) is 16.7. The van der Waals surface area contributed by atoms with Gasteiger partial charge in [-0.15, -0.1) is 11.8 Å². The fourth-order valence-corrected chi connectivity index (χ4v) is 4.04. The maximum Gasteiger partial charge on any atom is 0.242 e. The van der Waals surface area contributed by atoms with Gasteiger partial charge in [0.25, 0.3) is 0 Å². The minimum absolute atomic E-state index is 0.0776. The van der Waals surface area contributed by atoms with Crippen LogP contribution in [0.15, 0.2) is 53.0 Å². The van der Waals surface area contributed by atoms with E-state index in [0.717, 1.165) is 27.8 Å². The molecule has 0 saturated carbocycles. The minimum atomic E-state index is -0.571. The standard InChI is InChI=1S/C22H26BrClN2O2S/c1-3-12-25-22(28)16(2)26(13-18-6-4-5-7-20(18)24)21(27)15-29-14-17-8-10-19(23)11-9-17/h4-11,16H,3,12-15H2,1-2H3,(H,25,28). The molecule has 2 aromatic rings. The first-order valence-corrected chi connectivity index (χ1v) is 11.9. The van der Waals surface area contributed by atoms with Gasteiger partial charge in [0, 0.05) is 28.3 Å². The van der Waals surface area contributed by atoms with E-state index in [1.807, 2.05) is 49.4 Å². The normalized spacial score (nSPS) is 11.7. The van der Waals surface area contributed by atoms with Gasteiger partial charge in [-0.2, -0.15) is 0 Å². The molecule has 1 atom stereocenters. The SMILES string of the molecule is CCCNC(=O)C(C)N(Cc1ccccc1Cl)C(=O)CSCc1ccc(Br)cc1. The van der Waals surface area contributed by atoms with Crippen molar-refractivity contribution in [3.8, 4) is 0 Å². The minimum Gasteiger partial charge on any atom is -0.354 e. The van der Waals surface area contributed by atoms with Crippen molar-refractivity contribution in [1.82, 2.24) is 10.2 Å². The van der Waals surface area contributed by atoms with Gasteiger partial charge in [-0.25, -0.2) is 0 Å². The van der Waals surface area contributed by atoms with E-state index in [1.165, 1.54) is 11.8 Å². The molecule has 0 aliphatic rings. The van der Waals surface area contributed by atoms with Gasteiger partial charge in [-0.3, -0.25) is 9.59 Å². The molecule has 2 amide bonds. The first-order chi connectivity index (χ1) is 13.9. The molecule has 2 rings (SSSR count). The van der Waals surface area contributed by atoms with Gasteiger partial charge in [0.2, 0.25) is 11.8 Å². The van der Waals surface area contributed by atoms with E-state index in [4.69, 9.17) is 11.6 Å². The summed E-state index contributed by atoms with van der Waals surface area (Å²) in [4.78, 5) is 27.1. The third kappa shape index (κ3) is 7.68. The van der Waals surface area contributed by atoms with Crippen molar-refractivity contribution in [1.29, 1.82) is 0 Å². The van der Waals surface area contributed by atoms with Crippen molar-refractivity contribution in [2.75, 3.05) is 12.3 Å². The Morgan fingerprint density at radius 2 is 1.86 bits per heavy atom. The molecule has 0 bridgehead atoms. The molecule has 4 nitrogen and oxygen atoms in total. The highest BCUT2D eigenvalue weighted by Crippen LogP contribution is 2.21. The molecule has 1 N–H and O–H groups in total. The fraction of sp³-hybridized carbons (Fsp3) is 0.364. The molecule has 0 saturated heterocycles. The molecule has 1 unspecified atom stereocenters. The van der Waals surface area contributed by atoms with Gasteiger partial charge in [-0.05, 0) is 42.7 Å². The van der Waals surface area contributed by atoms with Crippen LogP contribution < -0.4 is 5.32 Å². The maximum atomic E-state index is 13.0. The molecule has 2 aromatic carbocycles. The van der Waals surface area contributed by atoms with Gasteiger partial charge < -0.3 is 10.2 Å². The van der Waals surface area contributed by atoms with Crippen LogP contribution in [-0.4, -0.2) is 35.1 Å². The van der Waals surface area contributed by atoms with E-state index in [2.05, 4.69) is 21.2 Å². The summed E-state index contributed by atoms with van der Waals surface area (Å²) >= 11 is 11.3. The third-order valence-corrected chi connectivity index (χ3v) is 6.31. The molecule has 0 heterocycles. The summed E-state index contributed by atoms with van der Waals surface area (Å²) in [5, 5.41) is 3.47. The van der Waals surface area contributed by atoms with Crippen LogP contribution in [0.2, 0.25) is 5.02 Å². The predicted octanol–water partition coefficient (Wildman–Crippen LogP) is 5.28. The Bertz CT molecular complexity index is 817. The Labute approximate surface area is 190 Å². The van der Waals surface area contributed by atoms with E-state index >= 15 is 0 Å². The van der Waals surface area contributed by atoms with Gasteiger partial charge in [-0.1, -0.05) is 64.8 Å². The van der Waals surface area contributed by atoms with E-state index in [0.29, 0.717) is 23.9 Å². The summed E-state index contributed by atoms with van der Waals surface area (Å²) < 4.78 is 1.03. The molecular weight excluding hydrogens is 472 g/mol. The zero-order chi connectivity index (χ0) is 21.2. The lowest BCUT2D eigenvalue weighted by atomic mass is 10.1. The van der Waals surface area contributed by atoms with Crippen LogP contribution >= 0.6 is 39.3 Å². The molecule has 7 heteroatoms. The Kier molecular flexibility index (Phi) is 10.0. The molecular formula is C22H26BrClN2O2S. The number of amides is 2. The summed E-state index contributed by atoms with van der Waals surface area (Å²) in [6.07, 6.45) is 0.847. The summed E-state index contributed by atoms with van der Waals surface area (Å²) in [5.74, 6) is 0.803. The number of benzene rings is 2. The number of nitrogens with zero attached hydrogens (tertiary/aromatic N) is 1. The quantitative estimate of drug-likeness (QED) is 0.486. The summed E-state index contributed by atoms with van der Waals surface area (Å²) in [6, 6.07) is 14.9. The van der Waals surface area contributed by atoms with Crippen molar-refractivity contribution >= 4 is 51.1 Å². The molecule has 29 heavy (non-hydrogen) atoms. The van der Waals surface area contributed by atoms with Crippen LogP contribution in [0, 0.1) is 0 Å². The van der Waals surface area contributed by atoms with Crippen LogP contribution in [0.1, 0.15) is 31.4 Å². The fourth-order valence-electron chi connectivity index (χ4n) is 2.71. The molecule has 0 fully saturated rings. The smallest absolute Gasteiger partial charge is 0.242 e. The Balaban J connectivity index is 2.05. The lowest BCUT2D eigenvalue weighted by Gasteiger charge is -2.29. The number of thioether (sulfide) groups is 1. The molecule has 0 aliphatic heterocycles. The number of rotatable bonds is 10. The van der Waals surface area contributed by atoms with Crippen LogP contribution in [0.3, 0.4) is 0 Å². The number of hydrogen-bond acceptors (Lipinski definition) is 3. The van der Waals surface area contributed by atoms with Crippen molar-refractivity contribution in [3.63, 3.8) is 0 Å². The number of carbonyl (C=O) groups excluding carboxylic acids is 2. The number of carbonyl (C=O) groups is 2. The van der Waals surface area contributed by atoms with E-state index in [1.54, 1.807) is 17.9 Å². The zero-order valence-corrected chi connectivity index (χ0v) is 19.8. The maximum absolute atomic E-state index is 13.0. The molecule has 156 valence electrons. The Morgan fingerprint density at radius 3 is 2.52 bits per heavy atom. The Morgan fingerprint density at radius 1 is 1.17 bits per heavy atom. The summed E-state index contributed by atoms with van der Waals surface area (Å²) in [7, 11) is 0. The van der Waals surface area contributed by atoms with E-state index < -0.39 is 6.04 Å². The van der Waals surface area contributed by atoms with Gasteiger partial charge in [0.15, 0.2) is 0 Å². The van der Waals surface area contributed by atoms with Crippen molar-refractivity contribution < 1.29 is 9.59 Å². The highest BCUT2D eigenvalue weighted by molar-refractivity contribution is 9.10. The van der Waals surface area contributed by atoms with Crippen molar-refractivity contribution in [2.24, 2.45) is 0 Å². The molecule has 0 spiro atoms. The van der Waals surface area contributed by atoms with E-state index in [-0.39, 0.29) is 11.8 Å². The lowest BCUT2D eigenvalue weighted by molar-refractivity contribution is -0.138. The second-order valence-electron chi connectivity index (χ2n) is 6.70. The topological polar surface area (TPSA) is 49.4 Å². The van der Waals surface area contributed by atoms with Gasteiger partial charge in [0.05, 0.1) is 5.75 Å². The first kappa shape index (κ1) is 23.8. The predicted molar refractivity (Wildman–Crippen MR) is 125 cm³/mol. The van der Waals surface area contributed by atoms with Crippen LogP contribution in [0.25, 0.3) is 0 Å². The van der Waals surface area contributed by atoms with Gasteiger partial charge >= 0.3 is 0 Å². The van der Waals surface area contributed by atoms with Gasteiger partial charge in [0.1, 0.15) is 6.04 Å². The molecule has 0 aliphatic carbocycles. The summed E-state index contributed by atoms with van der Waals surface area (Å²) in [5.41, 5.74) is 1.98. The average Bonchev–Trinajstić information content (AvgIpc) is 2.72. The molecule has 0 radical (unpaired) electrons. The van der Waals surface area contributed by atoms with Crippen molar-refractivity contribution in [2.45, 2.75) is 38.6 Å². The van der Waals surface area contributed by atoms with Crippen LogP contribution in [-0.2, 0) is 21.9 Å². The highest BCUT2D eigenvalue weighted by Gasteiger charge is 2.26. The van der Waals surface area contributed by atoms with E-state index in [9.17, 15) is 9.59 Å². The van der Waals surface area contributed by atoms with Crippen molar-refractivity contribution in [3.05, 3.63) is 69.2 Å². The number of hydrogen-bond donors (Lipinski definition) is 1.